The molecule has 13 aromatic rings. The Kier molecular flexibility index (Phi) is 6.26. The minimum absolute atomic E-state index is 0.644. The average molecular weight is 745 g/mol. The Morgan fingerprint density at radius 1 is 0.404 bits per heavy atom. The van der Waals surface area contributed by atoms with Crippen LogP contribution in [0.1, 0.15) is 0 Å². The molecule has 0 aliphatic carbocycles. The molecule has 6 heteroatoms. The minimum atomic E-state index is 0.644. The number of nitrogens with zero attached hydrogens (tertiary/aromatic N) is 4. The van der Waals surface area contributed by atoms with Crippen molar-refractivity contribution in [1.82, 2.24) is 19.5 Å². The minimum Gasteiger partial charge on any atom is -0.456 e. The molecule has 0 radical (unpaired) electrons. The predicted molar refractivity (Wildman–Crippen MR) is 237 cm³/mol. The number of aromatic nitrogens is 4. The summed E-state index contributed by atoms with van der Waals surface area (Å²) in [5.74, 6) is 1.96. The van der Waals surface area contributed by atoms with Crippen molar-refractivity contribution in [1.29, 1.82) is 0 Å². The Labute approximate surface area is 329 Å². The van der Waals surface area contributed by atoms with E-state index in [-0.39, 0.29) is 0 Å². The van der Waals surface area contributed by atoms with Gasteiger partial charge in [-0.05, 0) is 76.1 Å². The molecule has 0 N–H and O–H groups in total. The van der Waals surface area contributed by atoms with E-state index in [2.05, 4.69) is 156 Å². The fraction of sp³-hybridized carbons (Fsp3) is 0. The van der Waals surface area contributed by atoms with Crippen molar-refractivity contribution in [3.63, 3.8) is 0 Å². The van der Waals surface area contributed by atoms with E-state index in [4.69, 9.17) is 19.4 Å². The van der Waals surface area contributed by atoms with E-state index in [9.17, 15) is 0 Å². The lowest BCUT2D eigenvalue weighted by atomic mass is 10.00. The molecule has 0 fully saturated rings. The average Bonchev–Trinajstić information content (AvgIpc) is 3.77. The second-order valence-corrected chi connectivity index (χ2v) is 15.8. The molecule has 0 saturated heterocycles. The van der Waals surface area contributed by atoms with E-state index < -0.39 is 0 Å². The second kappa shape index (κ2) is 11.6. The van der Waals surface area contributed by atoms with E-state index in [1.807, 2.05) is 18.2 Å². The van der Waals surface area contributed by atoms with Gasteiger partial charge in [0.25, 0.3) is 0 Å². The van der Waals surface area contributed by atoms with Crippen molar-refractivity contribution in [3.05, 3.63) is 170 Å². The van der Waals surface area contributed by atoms with Gasteiger partial charge in [0, 0.05) is 64.1 Å². The largest absolute Gasteiger partial charge is 0.456 e. The summed E-state index contributed by atoms with van der Waals surface area (Å²) in [5.41, 5.74) is 8.11. The fourth-order valence-electron chi connectivity index (χ4n) is 9.06. The van der Waals surface area contributed by atoms with Crippen LogP contribution in [0.15, 0.2) is 174 Å². The first-order valence-corrected chi connectivity index (χ1v) is 19.9. The molecule has 0 atom stereocenters. The van der Waals surface area contributed by atoms with E-state index in [1.165, 1.54) is 41.7 Å². The third-order valence-electron chi connectivity index (χ3n) is 11.6. The standard InChI is InChI=1S/C51H28N4OS/c1-2-9-31(10-3-1)49-52-50(54-51(53-49)37-14-8-18-43-46(37)36-13-4-5-17-42(36)57-43)34-20-19-33-28-35(24-21-32(33)27-34)55-38-25-22-29-11-6-15-40-44(29)47(38)48-39(55)26-23-30-12-7-16-41(56-40)45(30)48/h1-28H. The maximum absolute atomic E-state index is 6.64. The Bertz CT molecular complexity index is 3660. The first-order chi connectivity index (χ1) is 28.2. The van der Waals surface area contributed by atoms with E-state index in [0.717, 1.165) is 66.1 Å². The zero-order valence-corrected chi connectivity index (χ0v) is 31.1. The van der Waals surface area contributed by atoms with Gasteiger partial charge in [0.2, 0.25) is 0 Å². The summed E-state index contributed by atoms with van der Waals surface area (Å²) in [6.07, 6.45) is 0. The molecule has 0 aliphatic rings. The summed E-state index contributed by atoms with van der Waals surface area (Å²) in [4.78, 5) is 15.4. The highest BCUT2D eigenvalue weighted by molar-refractivity contribution is 7.25. The highest BCUT2D eigenvalue weighted by Crippen LogP contribution is 2.45. The summed E-state index contributed by atoms with van der Waals surface area (Å²) >= 11 is 1.80. The van der Waals surface area contributed by atoms with Gasteiger partial charge >= 0.3 is 0 Å². The molecule has 0 amide bonds. The number of hydrogen-bond acceptors (Lipinski definition) is 5. The van der Waals surface area contributed by atoms with Gasteiger partial charge in [-0.25, -0.2) is 15.0 Å². The van der Waals surface area contributed by atoms with Gasteiger partial charge in [0.05, 0.1) is 11.0 Å². The number of fused-ring (bicyclic) bond motifs is 4. The highest BCUT2D eigenvalue weighted by Gasteiger charge is 2.22. The fourth-order valence-corrected chi connectivity index (χ4v) is 10.2. The van der Waals surface area contributed by atoms with Crippen LogP contribution in [0.5, 0.6) is 0 Å². The van der Waals surface area contributed by atoms with Crippen molar-refractivity contribution in [2.75, 3.05) is 0 Å². The molecular formula is C51H28N4OS. The van der Waals surface area contributed by atoms with Crippen molar-refractivity contribution in [3.8, 4) is 39.9 Å². The maximum atomic E-state index is 6.64. The van der Waals surface area contributed by atoms with Crippen LogP contribution in [0.25, 0.3) is 125 Å². The van der Waals surface area contributed by atoms with Gasteiger partial charge in [0.1, 0.15) is 11.2 Å². The Hall–Kier alpha value is -7.41. The first-order valence-electron chi connectivity index (χ1n) is 19.1. The van der Waals surface area contributed by atoms with Crippen LogP contribution in [0.4, 0.5) is 0 Å². The number of thiophene rings is 1. The van der Waals surface area contributed by atoms with Crippen LogP contribution in [-0.4, -0.2) is 19.5 Å². The molecule has 0 unspecified atom stereocenters. The summed E-state index contributed by atoms with van der Waals surface area (Å²) in [5, 5.41) is 11.8. The quantitative estimate of drug-likeness (QED) is 0.180. The summed E-state index contributed by atoms with van der Waals surface area (Å²) in [7, 11) is 0. The molecule has 0 bridgehead atoms. The topological polar surface area (TPSA) is 56.7 Å². The zero-order chi connectivity index (χ0) is 37.2. The maximum Gasteiger partial charge on any atom is 0.164 e. The number of hydrogen-bond donors (Lipinski definition) is 0. The third kappa shape index (κ3) is 4.47. The normalized spacial score (nSPS) is 12.2. The predicted octanol–water partition coefficient (Wildman–Crippen LogP) is 14.0. The molecule has 264 valence electrons. The first kappa shape index (κ1) is 30.9. The van der Waals surface area contributed by atoms with Crippen molar-refractivity contribution in [2.45, 2.75) is 0 Å². The summed E-state index contributed by atoms with van der Waals surface area (Å²) < 4.78 is 11.5. The van der Waals surface area contributed by atoms with Crippen LogP contribution >= 0.6 is 11.3 Å². The van der Waals surface area contributed by atoms with Crippen LogP contribution < -0.4 is 0 Å². The van der Waals surface area contributed by atoms with Gasteiger partial charge in [0.15, 0.2) is 17.5 Å². The molecule has 9 aromatic carbocycles. The molecule has 0 aliphatic heterocycles. The SMILES string of the molecule is c1ccc(-c2nc(-c3ccc4cc(-n5c6ccc7cccc8oc9cccc%10ccc5c(c%109)c6c78)ccc4c3)nc(-c3cccc4sc5ccccc5c34)n2)cc1. The van der Waals surface area contributed by atoms with Crippen molar-refractivity contribution in [2.24, 2.45) is 0 Å². The summed E-state index contributed by atoms with van der Waals surface area (Å²) in [6.45, 7) is 0. The van der Waals surface area contributed by atoms with Crippen molar-refractivity contribution < 1.29 is 4.42 Å². The van der Waals surface area contributed by atoms with E-state index in [1.54, 1.807) is 11.3 Å². The lowest BCUT2D eigenvalue weighted by molar-refractivity contribution is 0.664. The van der Waals surface area contributed by atoms with Gasteiger partial charge in [-0.15, -0.1) is 11.3 Å². The number of benzene rings is 9. The smallest absolute Gasteiger partial charge is 0.164 e. The van der Waals surface area contributed by atoms with Gasteiger partial charge in [-0.2, -0.15) is 0 Å². The number of rotatable bonds is 4. The van der Waals surface area contributed by atoms with Gasteiger partial charge in [-0.1, -0.05) is 115 Å². The van der Waals surface area contributed by atoms with Crippen LogP contribution in [0, 0.1) is 0 Å². The van der Waals surface area contributed by atoms with Crippen LogP contribution in [0.3, 0.4) is 0 Å². The van der Waals surface area contributed by atoms with Crippen molar-refractivity contribution >= 4 is 96.8 Å². The third-order valence-corrected chi connectivity index (χ3v) is 12.7. The van der Waals surface area contributed by atoms with Gasteiger partial charge in [-0.3, -0.25) is 0 Å². The molecule has 0 spiro atoms. The molecule has 4 aromatic heterocycles. The molecular weight excluding hydrogens is 717 g/mol. The monoisotopic (exact) mass is 744 g/mol. The molecule has 4 heterocycles. The lowest BCUT2D eigenvalue weighted by Crippen LogP contribution is -2.00. The summed E-state index contributed by atoms with van der Waals surface area (Å²) in [6, 6.07) is 60.1. The molecule has 13 rings (SSSR count). The van der Waals surface area contributed by atoms with Crippen LogP contribution in [-0.2, 0) is 0 Å². The van der Waals surface area contributed by atoms with E-state index in [0.29, 0.717) is 17.5 Å². The Morgan fingerprint density at radius 2 is 1.02 bits per heavy atom. The molecule has 57 heavy (non-hydrogen) atoms. The highest BCUT2D eigenvalue weighted by atomic mass is 32.1. The Balaban J connectivity index is 0.999. The second-order valence-electron chi connectivity index (χ2n) is 14.8. The Morgan fingerprint density at radius 3 is 1.79 bits per heavy atom. The van der Waals surface area contributed by atoms with Crippen LogP contribution in [0.2, 0.25) is 0 Å². The molecule has 0 saturated carbocycles. The van der Waals surface area contributed by atoms with Gasteiger partial charge < -0.3 is 8.98 Å². The lowest BCUT2D eigenvalue weighted by Gasteiger charge is -2.12. The zero-order valence-electron chi connectivity index (χ0n) is 30.3. The molecule has 5 nitrogen and oxygen atoms in total. The van der Waals surface area contributed by atoms with E-state index >= 15 is 0 Å².